The minimum Gasteiger partial charge on any atom is -0.465 e. The number of rotatable bonds is 4. The van der Waals surface area contributed by atoms with E-state index < -0.39 is 5.97 Å². The van der Waals surface area contributed by atoms with Gasteiger partial charge in [0.05, 0.1) is 18.7 Å². The van der Waals surface area contributed by atoms with Crippen molar-refractivity contribution in [1.82, 2.24) is 5.32 Å². The van der Waals surface area contributed by atoms with E-state index in [1.54, 1.807) is 11.3 Å². The SMILES string of the molecule is COC(=O)c1sc2cc(NC(=S)NCc3cccs3)ccc2c1Cl. The predicted molar refractivity (Wildman–Crippen MR) is 106 cm³/mol. The molecule has 3 rings (SSSR count). The zero-order valence-electron chi connectivity index (χ0n) is 12.6. The molecule has 0 aliphatic rings. The van der Waals surface area contributed by atoms with Gasteiger partial charge in [0, 0.05) is 20.7 Å². The standard InChI is InChI=1S/C16H13ClN2O2S3/c1-21-15(20)14-13(17)11-5-4-9(7-12(11)24-14)19-16(22)18-8-10-3-2-6-23-10/h2-7H,8H2,1H3,(H2,18,19,22). The maximum atomic E-state index is 11.7. The molecule has 0 saturated carbocycles. The van der Waals surface area contributed by atoms with Gasteiger partial charge in [-0.25, -0.2) is 4.79 Å². The van der Waals surface area contributed by atoms with Gasteiger partial charge in [-0.1, -0.05) is 17.7 Å². The summed E-state index contributed by atoms with van der Waals surface area (Å²) in [6.07, 6.45) is 0. The van der Waals surface area contributed by atoms with E-state index in [1.807, 2.05) is 35.7 Å². The molecule has 0 radical (unpaired) electrons. The molecule has 0 spiro atoms. The van der Waals surface area contributed by atoms with Crippen LogP contribution in [-0.4, -0.2) is 18.2 Å². The van der Waals surface area contributed by atoms with E-state index in [0.29, 0.717) is 21.6 Å². The predicted octanol–water partition coefficient (Wildman–Crippen LogP) is 4.89. The van der Waals surface area contributed by atoms with Crippen molar-refractivity contribution >= 4 is 73.3 Å². The van der Waals surface area contributed by atoms with Gasteiger partial charge in [0.1, 0.15) is 4.88 Å². The van der Waals surface area contributed by atoms with Crippen LogP contribution in [0.15, 0.2) is 35.7 Å². The number of carbonyl (C=O) groups excluding carboxylic acids is 1. The number of hydrogen-bond donors (Lipinski definition) is 2. The lowest BCUT2D eigenvalue weighted by atomic mass is 10.2. The summed E-state index contributed by atoms with van der Waals surface area (Å²) < 4.78 is 5.65. The Balaban J connectivity index is 1.73. The van der Waals surface area contributed by atoms with E-state index in [0.717, 1.165) is 15.8 Å². The molecule has 0 unspecified atom stereocenters. The minimum atomic E-state index is -0.427. The first-order valence-electron chi connectivity index (χ1n) is 6.96. The number of anilines is 1. The van der Waals surface area contributed by atoms with Crippen LogP contribution in [0.1, 0.15) is 14.5 Å². The molecular weight excluding hydrogens is 384 g/mol. The Morgan fingerprint density at radius 2 is 2.21 bits per heavy atom. The Morgan fingerprint density at radius 3 is 2.92 bits per heavy atom. The number of nitrogens with one attached hydrogen (secondary N) is 2. The molecule has 2 heterocycles. The zero-order valence-corrected chi connectivity index (χ0v) is 15.8. The van der Waals surface area contributed by atoms with E-state index in [1.165, 1.54) is 23.3 Å². The fourth-order valence-corrected chi connectivity index (χ4v) is 4.42. The Kier molecular flexibility index (Phi) is 5.35. The Morgan fingerprint density at radius 1 is 1.38 bits per heavy atom. The Labute approximate surface area is 157 Å². The third kappa shape index (κ3) is 3.70. The number of esters is 1. The summed E-state index contributed by atoms with van der Waals surface area (Å²) in [4.78, 5) is 13.3. The second-order valence-electron chi connectivity index (χ2n) is 4.83. The maximum absolute atomic E-state index is 11.7. The fraction of sp³-hybridized carbons (Fsp3) is 0.125. The third-order valence-electron chi connectivity index (χ3n) is 3.26. The van der Waals surface area contributed by atoms with E-state index in [9.17, 15) is 4.79 Å². The summed E-state index contributed by atoms with van der Waals surface area (Å²) in [5.74, 6) is -0.427. The first-order chi connectivity index (χ1) is 11.6. The molecule has 0 aliphatic heterocycles. The highest BCUT2D eigenvalue weighted by atomic mass is 35.5. The minimum absolute atomic E-state index is 0.407. The molecule has 2 aromatic heterocycles. The number of carbonyl (C=O) groups is 1. The van der Waals surface area contributed by atoms with E-state index in [2.05, 4.69) is 10.6 Å². The van der Waals surface area contributed by atoms with Gasteiger partial charge in [-0.3, -0.25) is 0 Å². The molecule has 0 bridgehead atoms. The highest BCUT2D eigenvalue weighted by Gasteiger charge is 2.17. The normalized spacial score (nSPS) is 10.6. The van der Waals surface area contributed by atoms with Gasteiger partial charge in [0.2, 0.25) is 0 Å². The average Bonchev–Trinajstić information content (AvgIpc) is 3.20. The lowest BCUT2D eigenvalue weighted by Gasteiger charge is -2.09. The summed E-state index contributed by atoms with van der Waals surface area (Å²) in [5, 5.41) is 10.1. The van der Waals surface area contributed by atoms with Crippen molar-refractivity contribution < 1.29 is 9.53 Å². The number of thiophene rings is 2. The molecule has 124 valence electrons. The molecule has 0 saturated heterocycles. The number of fused-ring (bicyclic) bond motifs is 1. The summed E-state index contributed by atoms with van der Waals surface area (Å²) >= 11 is 14.5. The van der Waals surface area contributed by atoms with Crippen LogP contribution >= 0.6 is 46.5 Å². The van der Waals surface area contributed by atoms with Gasteiger partial charge in [0.25, 0.3) is 0 Å². The second kappa shape index (κ2) is 7.48. The van der Waals surface area contributed by atoms with E-state index >= 15 is 0 Å². The molecule has 0 aliphatic carbocycles. The van der Waals surface area contributed by atoms with Crippen molar-refractivity contribution in [3.8, 4) is 0 Å². The maximum Gasteiger partial charge on any atom is 0.349 e. The molecule has 1 aromatic carbocycles. The van der Waals surface area contributed by atoms with Crippen molar-refractivity contribution in [2.24, 2.45) is 0 Å². The van der Waals surface area contributed by atoms with Crippen LogP contribution in [0.25, 0.3) is 10.1 Å². The van der Waals surface area contributed by atoms with Crippen LogP contribution in [0, 0.1) is 0 Å². The van der Waals surface area contributed by atoms with Crippen molar-refractivity contribution in [3.05, 3.63) is 50.5 Å². The molecule has 0 amide bonds. The smallest absolute Gasteiger partial charge is 0.349 e. The van der Waals surface area contributed by atoms with Crippen molar-refractivity contribution in [3.63, 3.8) is 0 Å². The summed E-state index contributed by atoms with van der Waals surface area (Å²) in [6.45, 7) is 0.684. The van der Waals surface area contributed by atoms with Gasteiger partial charge in [-0.15, -0.1) is 22.7 Å². The molecule has 4 nitrogen and oxygen atoms in total. The highest BCUT2D eigenvalue weighted by Crippen LogP contribution is 2.37. The number of halogens is 1. The lowest BCUT2D eigenvalue weighted by Crippen LogP contribution is -2.27. The second-order valence-corrected chi connectivity index (χ2v) is 7.71. The number of thiocarbonyl (C=S) groups is 1. The number of ether oxygens (including phenoxy) is 1. The van der Waals surface area contributed by atoms with Crippen LogP contribution in [0.4, 0.5) is 5.69 Å². The van der Waals surface area contributed by atoms with Crippen LogP contribution in [-0.2, 0) is 11.3 Å². The monoisotopic (exact) mass is 396 g/mol. The molecule has 3 aromatic rings. The van der Waals surface area contributed by atoms with Crippen LogP contribution in [0.5, 0.6) is 0 Å². The van der Waals surface area contributed by atoms with Crippen LogP contribution in [0.3, 0.4) is 0 Å². The zero-order chi connectivity index (χ0) is 17.1. The van der Waals surface area contributed by atoms with Crippen molar-refractivity contribution in [2.75, 3.05) is 12.4 Å². The van der Waals surface area contributed by atoms with Crippen molar-refractivity contribution in [2.45, 2.75) is 6.54 Å². The lowest BCUT2D eigenvalue weighted by molar-refractivity contribution is 0.0606. The topological polar surface area (TPSA) is 50.4 Å². The third-order valence-corrected chi connectivity index (χ3v) is 6.02. The van der Waals surface area contributed by atoms with Gasteiger partial charge in [0.15, 0.2) is 5.11 Å². The largest absolute Gasteiger partial charge is 0.465 e. The summed E-state index contributed by atoms with van der Waals surface area (Å²) in [5.41, 5.74) is 0.834. The first kappa shape index (κ1) is 17.2. The van der Waals surface area contributed by atoms with Gasteiger partial charge in [-0.2, -0.15) is 0 Å². The van der Waals surface area contributed by atoms with Crippen LogP contribution in [0.2, 0.25) is 5.02 Å². The number of methoxy groups -OCH3 is 1. The first-order valence-corrected chi connectivity index (χ1v) is 9.44. The Bertz CT molecular complexity index is 890. The molecular formula is C16H13ClN2O2S3. The average molecular weight is 397 g/mol. The Hall–Kier alpha value is -1.67. The van der Waals surface area contributed by atoms with Gasteiger partial charge < -0.3 is 15.4 Å². The number of hydrogen-bond acceptors (Lipinski definition) is 5. The van der Waals surface area contributed by atoms with E-state index in [-0.39, 0.29) is 0 Å². The van der Waals surface area contributed by atoms with E-state index in [4.69, 9.17) is 28.6 Å². The summed E-state index contributed by atoms with van der Waals surface area (Å²) in [7, 11) is 1.34. The van der Waals surface area contributed by atoms with Gasteiger partial charge in [-0.05, 0) is 41.9 Å². The highest BCUT2D eigenvalue weighted by molar-refractivity contribution is 7.80. The molecule has 24 heavy (non-hydrogen) atoms. The van der Waals surface area contributed by atoms with Crippen LogP contribution < -0.4 is 10.6 Å². The molecule has 0 atom stereocenters. The molecule has 8 heteroatoms. The summed E-state index contributed by atoms with van der Waals surface area (Å²) in [6, 6.07) is 9.71. The molecule has 2 N–H and O–H groups in total. The number of benzene rings is 1. The van der Waals surface area contributed by atoms with Crippen molar-refractivity contribution in [1.29, 1.82) is 0 Å². The van der Waals surface area contributed by atoms with Gasteiger partial charge >= 0.3 is 5.97 Å². The molecule has 0 fully saturated rings. The fourth-order valence-electron chi connectivity index (χ4n) is 2.12. The quantitative estimate of drug-likeness (QED) is 0.485.